The molecule has 5 nitrogen and oxygen atoms in total. The third-order valence-corrected chi connectivity index (χ3v) is 2.96. The Morgan fingerprint density at radius 3 is 3.06 bits per heavy atom. The highest BCUT2D eigenvalue weighted by Gasteiger charge is 2.08. The second kappa shape index (κ2) is 6.35. The molecule has 0 aliphatic carbocycles. The zero-order valence-electron chi connectivity index (χ0n) is 11.0. The Labute approximate surface area is 108 Å². The van der Waals surface area contributed by atoms with Gasteiger partial charge in [0, 0.05) is 13.1 Å². The molecule has 18 heavy (non-hydrogen) atoms. The van der Waals surface area contributed by atoms with Gasteiger partial charge in [-0.2, -0.15) is 0 Å². The summed E-state index contributed by atoms with van der Waals surface area (Å²) in [6.07, 6.45) is 4.86. The summed E-state index contributed by atoms with van der Waals surface area (Å²) in [7, 11) is 0. The highest BCUT2D eigenvalue weighted by atomic mass is 16.5. The van der Waals surface area contributed by atoms with Gasteiger partial charge in [-0.25, -0.2) is 9.97 Å². The molecule has 0 fully saturated rings. The molecule has 1 aliphatic rings. The molecule has 98 valence electrons. The van der Waals surface area contributed by atoms with Crippen molar-refractivity contribution in [1.29, 1.82) is 0 Å². The van der Waals surface area contributed by atoms with Crippen LogP contribution >= 0.6 is 0 Å². The predicted octanol–water partition coefficient (Wildman–Crippen LogP) is 1.52. The Morgan fingerprint density at radius 2 is 2.33 bits per heavy atom. The molecule has 0 amide bonds. The van der Waals surface area contributed by atoms with Gasteiger partial charge >= 0.3 is 0 Å². The highest BCUT2D eigenvalue weighted by molar-refractivity contribution is 5.48. The Hall–Kier alpha value is -1.62. The summed E-state index contributed by atoms with van der Waals surface area (Å²) >= 11 is 0. The number of nitrogens with zero attached hydrogens (tertiary/aromatic N) is 2. The van der Waals surface area contributed by atoms with Crippen LogP contribution in [0.15, 0.2) is 18.0 Å². The van der Waals surface area contributed by atoms with E-state index < -0.39 is 0 Å². The maximum atomic E-state index is 5.45. The van der Waals surface area contributed by atoms with Gasteiger partial charge in [-0.3, -0.25) is 0 Å². The van der Waals surface area contributed by atoms with Gasteiger partial charge < -0.3 is 15.4 Å². The van der Waals surface area contributed by atoms with Crippen LogP contribution in [-0.4, -0.2) is 36.2 Å². The van der Waals surface area contributed by atoms with Crippen molar-refractivity contribution in [3.63, 3.8) is 0 Å². The number of anilines is 1. The van der Waals surface area contributed by atoms with Crippen LogP contribution in [0.1, 0.15) is 18.9 Å². The van der Waals surface area contributed by atoms with Crippen LogP contribution in [0.3, 0.4) is 0 Å². The molecule has 2 rings (SSSR count). The smallest absolute Gasteiger partial charge is 0.221 e. The number of hydrogen-bond acceptors (Lipinski definition) is 5. The third-order valence-electron chi connectivity index (χ3n) is 2.96. The predicted molar refractivity (Wildman–Crippen MR) is 72.0 cm³/mol. The summed E-state index contributed by atoms with van der Waals surface area (Å²) in [6.45, 7) is 7.41. The van der Waals surface area contributed by atoms with E-state index in [1.54, 1.807) is 0 Å². The Balaban J connectivity index is 2.00. The fourth-order valence-electron chi connectivity index (χ4n) is 1.92. The molecule has 5 heteroatoms. The van der Waals surface area contributed by atoms with Crippen LogP contribution < -0.4 is 15.4 Å². The lowest BCUT2D eigenvalue weighted by Crippen LogP contribution is -2.23. The quantitative estimate of drug-likeness (QED) is 0.774. The summed E-state index contributed by atoms with van der Waals surface area (Å²) in [5, 5.41) is 6.65. The molecule has 1 aliphatic heterocycles. The second-order valence-electron chi connectivity index (χ2n) is 4.26. The monoisotopic (exact) mass is 248 g/mol. The lowest BCUT2D eigenvalue weighted by atomic mass is 10.1. The summed E-state index contributed by atoms with van der Waals surface area (Å²) in [5.74, 6) is 1.52. The minimum absolute atomic E-state index is 0.619. The molecule has 0 bridgehead atoms. The summed E-state index contributed by atoms with van der Waals surface area (Å²) in [4.78, 5) is 8.39. The van der Waals surface area contributed by atoms with E-state index in [9.17, 15) is 0 Å². The van der Waals surface area contributed by atoms with Gasteiger partial charge in [0.15, 0.2) is 0 Å². The Bertz CT molecular complexity index is 431. The molecule has 1 aromatic heterocycles. The Morgan fingerprint density at radius 1 is 1.44 bits per heavy atom. The average molecular weight is 248 g/mol. The van der Waals surface area contributed by atoms with E-state index in [1.807, 2.05) is 13.8 Å². The van der Waals surface area contributed by atoms with Crippen molar-refractivity contribution in [2.45, 2.75) is 20.3 Å². The first-order valence-corrected chi connectivity index (χ1v) is 6.38. The van der Waals surface area contributed by atoms with E-state index in [2.05, 4.69) is 26.7 Å². The summed E-state index contributed by atoms with van der Waals surface area (Å²) in [6, 6.07) is 0. The molecule has 0 aromatic carbocycles. The van der Waals surface area contributed by atoms with Gasteiger partial charge in [-0.05, 0) is 26.8 Å². The van der Waals surface area contributed by atoms with E-state index in [4.69, 9.17) is 4.74 Å². The number of ether oxygens (including phenoxy) is 1. The van der Waals surface area contributed by atoms with E-state index in [0.29, 0.717) is 12.5 Å². The van der Waals surface area contributed by atoms with E-state index in [0.717, 1.165) is 37.4 Å². The SMILES string of the molecule is CCOc1ncnc(NCC2=CCNCC2)c1C. The van der Waals surface area contributed by atoms with Crippen molar-refractivity contribution in [2.75, 3.05) is 31.6 Å². The number of aromatic nitrogens is 2. The zero-order chi connectivity index (χ0) is 12.8. The second-order valence-corrected chi connectivity index (χ2v) is 4.26. The molecule has 1 aromatic rings. The van der Waals surface area contributed by atoms with E-state index in [1.165, 1.54) is 11.9 Å². The fraction of sp³-hybridized carbons (Fsp3) is 0.538. The van der Waals surface area contributed by atoms with Crippen LogP contribution in [0.25, 0.3) is 0 Å². The van der Waals surface area contributed by atoms with Crippen molar-refractivity contribution in [3.8, 4) is 5.88 Å². The fourth-order valence-corrected chi connectivity index (χ4v) is 1.92. The van der Waals surface area contributed by atoms with Gasteiger partial charge in [0.05, 0.1) is 12.2 Å². The number of nitrogens with one attached hydrogen (secondary N) is 2. The summed E-state index contributed by atoms with van der Waals surface area (Å²) in [5.41, 5.74) is 2.39. The molecule has 0 unspecified atom stereocenters. The maximum Gasteiger partial charge on any atom is 0.221 e. The largest absolute Gasteiger partial charge is 0.478 e. The van der Waals surface area contributed by atoms with Crippen LogP contribution in [0.2, 0.25) is 0 Å². The molecule has 2 heterocycles. The number of rotatable bonds is 5. The van der Waals surface area contributed by atoms with Gasteiger partial charge in [-0.15, -0.1) is 0 Å². The normalized spacial score (nSPS) is 15.1. The van der Waals surface area contributed by atoms with Crippen LogP contribution in [0.4, 0.5) is 5.82 Å². The average Bonchev–Trinajstić information content (AvgIpc) is 2.41. The number of hydrogen-bond donors (Lipinski definition) is 2. The molecular weight excluding hydrogens is 228 g/mol. The lowest BCUT2D eigenvalue weighted by Gasteiger charge is -2.16. The first-order chi connectivity index (χ1) is 8.81. The maximum absolute atomic E-state index is 5.45. The van der Waals surface area contributed by atoms with Gasteiger partial charge in [0.25, 0.3) is 0 Å². The van der Waals surface area contributed by atoms with Crippen molar-refractivity contribution in [3.05, 3.63) is 23.5 Å². The van der Waals surface area contributed by atoms with Crippen molar-refractivity contribution in [1.82, 2.24) is 15.3 Å². The molecule has 0 saturated heterocycles. The molecular formula is C13H20N4O. The molecule has 0 radical (unpaired) electrons. The lowest BCUT2D eigenvalue weighted by molar-refractivity contribution is 0.324. The minimum atomic E-state index is 0.619. The standard InChI is InChI=1S/C13H20N4O/c1-3-18-13-10(2)12(16-9-17-13)15-8-11-4-6-14-7-5-11/h4,9,14H,3,5-8H2,1-2H3,(H,15,16,17). The third kappa shape index (κ3) is 3.20. The van der Waals surface area contributed by atoms with Crippen LogP contribution in [-0.2, 0) is 0 Å². The molecule has 2 N–H and O–H groups in total. The molecule has 0 saturated carbocycles. The first kappa shape index (κ1) is 12.8. The van der Waals surface area contributed by atoms with Gasteiger partial charge in [-0.1, -0.05) is 11.6 Å². The van der Waals surface area contributed by atoms with Crippen molar-refractivity contribution >= 4 is 5.82 Å². The highest BCUT2D eigenvalue weighted by Crippen LogP contribution is 2.20. The molecule has 0 atom stereocenters. The first-order valence-electron chi connectivity index (χ1n) is 6.38. The molecule has 0 spiro atoms. The van der Waals surface area contributed by atoms with Crippen molar-refractivity contribution < 1.29 is 4.74 Å². The topological polar surface area (TPSA) is 59.1 Å². The summed E-state index contributed by atoms with van der Waals surface area (Å²) < 4.78 is 5.45. The minimum Gasteiger partial charge on any atom is -0.478 e. The zero-order valence-corrected chi connectivity index (χ0v) is 11.0. The van der Waals surface area contributed by atoms with E-state index in [-0.39, 0.29) is 0 Å². The van der Waals surface area contributed by atoms with Crippen LogP contribution in [0, 0.1) is 6.92 Å². The van der Waals surface area contributed by atoms with Gasteiger partial charge in [0.2, 0.25) is 5.88 Å². The van der Waals surface area contributed by atoms with Gasteiger partial charge in [0.1, 0.15) is 12.1 Å². The van der Waals surface area contributed by atoms with Crippen LogP contribution in [0.5, 0.6) is 5.88 Å². The van der Waals surface area contributed by atoms with Crippen molar-refractivity contribution in [2.24, 2.45) is 0 Å². The Kier molecular flexibility index (Phi) is 4.52. The van der Waals surface area contributed by atoms with E-state index >= 15 is 0 Å².